The van der Waals surface area contributed by atoms with Crippen LogP contribution in [0, 0.1) is 0 Å². The number of para-hydroxylation sites is 2. The molecule has 2 aromatic rings. The molecule has 1 aromatic heterocycles. The molecule has 3 rings (SSSR count). The van der Waals surface area contributed by atoms with Crippen molar-refractivity contribution in [2.45, 2.75) is 24.5 Å². The summed E-state index contributed by atoms with van der Waals surface area (Å²) in [5, 5.41) is 12.1. The van der Waals surface area contributed by atoms with Gasteiger partial charge < -0.3 is 9.64 Å². The van der Waals surface area contributed by atoms with Gasteiger partial charge in [0.2, 0.25) is 11.1 Å². The van der Waals surface area contributed by atoms with Crippen molar-refractivity contribution in [2.24, 2.45) is 0 Å². The van der Waals surface area contributed by atoms with Crippen LogP contribution in [0.2, 0.25) is 0 Å². The Kier molecular flexibility index (Phi) is 6.00. The molecule has 1 aromatic carbocycles. The van der Waals surface area contributed by atoms with Crippen molar-refractivity contribution in [3.05, 3.63) is 24.3 Å². The Morgan fingerprint density at radius 1 is 1.41 bits per heavy atom. The zero-order chi connectivity index (χ0) is 19.4. The molecule has 0 N–H and O–H groups in total. The van der Waals surface area contributed by atoms with E-state index in [1.165, 1.54) is 21.3 Å². The van der Waals surface area contributed by atoms with Crippen LogP contribution in [0.5, 0.6) is 5.75 Å². The van der Waals surface area contributed by atoms with Crippen LogP contribution in [0.4, 0.5) is 0 Å². The third kappa shape index (κ3) is 4.59. The molecule has 1 fully saturated rings. The van der Waals surface area contributed by atoms with Crippen molar-refractivity contribution >= 4 is 27.5 Å². The van der Waals surface area contributed by atoms with Crippen LogP contribution in [0.25, 0.3) is 5.69 Å². The first kappa shape index (κ1) is 19.6. The van der Waals surface area contributed by atoms with E-state index in [1.54, 1.807) is 7.05 Å². The fourth-order valence-corrected chi connectivity index (χ4v) is 5.42. The molecular formula is C16H21N5O4S2. The van der Waals surface area contributed by atoms with Gasteiger partial charge >= 0.3 is 0 Å². The number of benzene rings is 1. The number of amides is 1. The number of thioether (sulfide) groups is 1. The van der Waals surface area contributed by atoms with Gasteiger partial charge in [0.05, 0.1) is 23.9 Å². The molecule has 1 amide bonds. The first-order valence-electron chi connectivity index (χ1n) is 8.50. The molecule has 0 bridgehead atoms. The molecule has 0 radical (unpaired) electrons. The van der Waals surface area contributed by atoms with Crippen LogP contribution >= 0.6 is 11.8 Å². The minimum absolute atomic E-state index is 0.0272. The van der Waals surface area contributed by atoms with Crippen molar-refractivity contribution in [1.29, 1.82) is 0 Å². The van der Waals surface area contributed by atoms with Crippen molar-refractivity contribution in [1.82, 2.24) is 25.1 Å². The quantitative estimate of drug-likeness (QED) is 0.616. The normalized spacial score (nSPS) is 18.4. The second kappa shape index (κ2) is 8.26. The van der Waals surface area contributed by atoms with Crippen LogP contribution in [0.1, 0.15) is 13.3 Å². The summed E-state index contributed by atoms with van der Waals surface area (Å²) < 4.78 is 30.4. The number of tetrazole rings is 1. The lowest BCUT2D eigenvalue weighted by atomic mass is 10.2. The van der Waals surface area contributed by atoms with Gasteiger partial charge in [0.25, 0.3) is 0 Å². The van der Waals surface area contributed by atoms with E-state index in [4.69, 9.17) is 4.74 Å². The number of carbonyl (C=O) groups is 1. The molecule has 146 valence electrons. The molecule has 1 saturated heterocycles. The molecule has 0 spiro atoms. The van der Waals surface area contributed by atoms with Gasteiger partial charge in [-0.3, -0.25) is 4.79 Å². The van der Waals surface area contributed by atoms with E-state index in [1.807, 2.05) is 31.2 Å². The van der Waals surface area contributed by atoms with Crippen molar-refractivity contribution in [3.8, 4) is 11.4 Å². The molecule has 1 aliphatic heterocycles. The Morgan fingerprint density at radius 2 is 2.19 bits per heavy atom. The zero-order valence-electron chi connectivity index (χ0n) is 15.1. The van der Waals surface area contributed by atoms with E-state index in [0.717, 1.165) is 0 Å². The number of hydrogen-bond donors (Lipinski definition) is 0. The molecule has 1 atom stereocenters. The molecule has 0 aliphatic carbocycles. The summed E-state index contributed by atoms with van der Waals surface area (Å²) in [5.41, 5.74) is 0.689. The highest BCUT2D eigenvalue weighted by Crippen LogP contribution is 2.26. The Labute approximate surface area is 162 Å². The second-order valence-corrected chi connectivity index (χ2v) is 9.30. The minimum Gasteiger partial charge on any atom is -0.492 e. The molecule has 27 heavy (non-hydrogen) atoms. The van der Waals surface area contributed by atoms with Gasteiger partial charge in [-0.2, -0.15) is 4.68 Å². The lowest BCUT2D eigenvalue weighted by Gasteiger charge is -2.23. The lowest BCUT2D eigenvalue weighted by molar-refractivity contribution is -0.128. The van der Waals surface area contributed by atoms with Crippen LogP contribution < -0.4 is 4.74 Å². The lowest BCUT2D eigenvalue weighted by Crippen LogP contribution is -2.38. The molecule has 2 heterocycles. The van der Waals surface area contributed by atoms with E-state index >= 15 is 0 Å². The van der Waals surface area contributed by atoms with E-state index in [2.05, 4.69) is 15.5 Å². The Hall–Kier alpha value is -2.14. The van der Waals surface area contributed by atoms with Crippen LogP contribution in [0.15, 0.2) is 29.4 Å². The maximum absolute atomic E-state index is 12.5. The van der Waals surface area contributed by atoms with E-state index in [0.29, 0.717) is 29.6 Å². The third-order valence-corrected chi connectivity index (χ3v) is 6.96. The standard InChI is InChI=1S/C16H21N5O4S2/c1-3-25-14-7-5-4-6-13(14)21-16(17-18-19-21)26-10-15(22)20(2)12-8-9-27(23,24)11-12/h4-7,12H,3,8-11H2,1-2H3/t12-/m0/s1. The molecule has 9 nitrogen and oxygen atoms in total. The summed E-state index contributed by atoms with van der Waals surface area (Å²) >= 11 is 1.20. The van der Waals surface area contributed by atoms with Crippen molar-refractivity contribution < 1.29 is 17.9 Å². The summed E-state index contributed by atoms with van der Waals surface area (Å²) in [5.74, 6) is 0.766. The molecule has 0 unspecified atom stereocenters. The highest BCUT2D eigenvalue weighted by Gasteiger charge is 2.32. The summed E-state index contributed by atoms with van der Waals surface area (Å²) in [6.45, 7) is 2.40. The topological polar surface area (TPSA) is 107 Å². The fraction of sp³-hybridized carbons (Fsp3) is 0.500. The number of nitrogens with zero attached hydrogens (tertiary/aromatic N) is 5. The maximum Gasteiger partial charge on any atom is 0.233 e. The average molecular weight is 412 g/mol. The SMILES string of the molecule is CCOc1ccccc1-n1nnnc1SCC(=O)N(C)[C@H]1CCS(=O)(=O)C1. The smallest absolute Gasteiger partial charge is 0.233 e. The summed E-state index contributed by atoms with van der Waals surface area (Å²) in [6, 6.07) is 7.11. The predicted octanol–water partition coefficient (Wildman–Crippen LogP) is 0.799. The fourth-order valence-electron chi connectivity index (χ4n) is 2.84. The first-order valence-corrected chi connectivity index (χ1v) is 11.3. The minimum atomic E-state index is -3.04. The van der Waals surface area contributed by atoms with E-state index in [9.17, 15) is 13.2 Å². The first-order chi connectivity index (χ1) is 12.9. The van der Waals surface area contributed by atoms with Gasteiger partial charge in [0, 0.05) is 13.1 Å². The van der Waals surface area contributed by atoms with Crippen LogP contribution in [-0.4, -0.2) is 76.4 Å². The number of hydrogen-bond acceptors (Lipinski definition) is 8. The van der Waals surface area contributed by atoms with Gasteiger partial charge in [-0.1, -0.05) is 23.9 Å². The zero-order valence-corrected chi connectivity index (χ0v) is 16.7. The summed E-state index contributed by atoms with van der Waals surface area (Å²) in [4.78, 5) is 14.0. The van der Waals surface area contributed by atoms with Gasteiger partial charge in [-0.05, 0) is 35.9 Å². The number of carbonyl (C=O) groups excluding carboxylic acids is 1. The maximum atomic E-state index is 12.5. The van der Waals surface area contributed by atoms with E-state index in [-0.39, 0.29) is 29.2 Å². The van der Waals surface area contributed by atoms with Gasteiger partial charge in [-0.15, -0.1) is 5.10 Å². The molecule has 1 aliphatic rings. The number of ether oxygens (including phenoxy) is 1. The summed E-state index contributed by atoms with van der Waals surface area (Å²) in [7, 11) is -1.40. The molecule has 0 saturated carbocycles. The number of sulfone groups is 1. The Bertz CT molecular complexity index is 915. The average Bonchev–Trinajstić information content (AvgIpc) is 3.25. The highest BCUT2D eigenvalue weighted by molar-refractivity contribution is 7.99. The number of aromatic nitrogens is 4. The predicted molar refractivity (Wildman–Crippen MR) is 101 cm³/mol. The van der Waals surface area contributed by atoms with E-state index < -0.39 is 9.84 Å². The largest absolute Gasteiger partial charge is 0.492 e. The summed E-state index contributed by atoms with van der Waals surface area (Å²) in [6.07, 6.45) is 0.481. The van der Waals surface area contributed by atoms with Gasteiger partial charge in [-0.25, -0.2) is 8.42 Å². The van der Waals surface area contributed by atoms with Crippen LogP contribution in [-0.2, 0) is 14.6 Å². The van der Waals surface area contributed by atoms with Crippen molar-refractivity contribution in [3.63, 3.8) is 0 Å². The Balaban J connectivity index is 1.68. The second-order valence-electron chi connectivity index (χ2n) is 6.12. The van der Waals surface area contributed by atoms with Gasteiger partial charge in [0.1, 0.15) is 11.4 Å². The molecular weight excluding hydrogens is 390 g/mol. The Morgan fingerprint density at radius 3 is 2.89 bits per heavy atom. The monoisotopic (exact) mass is 411 g/mol. The number of rotatable bonds is 7. The van der Waals surface area contributed by atoms with Crippen LogP contribution in [0.3, 0.4) is 0 Å². The van der Waals surface area contributed by atoms with Crippen molar-refractivity contribution in [2.75, 3.05) is 30.9 Å². The third-order valence-electron chi connectivity index (χ3n) is 4.31. The molecule has 11 heteroatoms. The van der Waals surface area contributed by atoms with Gasteiger partial charge in [0.15, 0.2) is 9.84 Å². The highest BCUT2D eigenvalue weighted by atomic mass is 32.2.